The zero-order chi connectivity index (χ0) is 13.6. The van der Waals surface area contributed by atoms with E-state index in [-0.39, 0.29) is 12.5 Å². The molecular weight excluding hydrogens is 239 g/mol. The molecule has 0 bridgehead atoms. The highest BCUT2D eigenvalue weighted by molar-refractivity contribution is 5.25. The molecule has 0 aromatic heterocycles. The SMILES string of the molecule is CCNC(CCCC(F)(F)F)c1cccc(C)c1. The molecular formula is C14H20F3N. The van der Waals surface area contributed by atoms with E-state index in [0.29, 0.717) is 6.42 Å². The summed E-state index contributed by atoms with van der Waals surface area (Å²) in [5.74, 6) is 0. The largest absolute Gasteiger partial charge is 0.389 e. The second-order valence-electron chi connectivity index (χ2n) is 4.53. The fourth-order valence-electron chi connectivity index (χ4n) is 2.03. The molecule has 0 saturated heterocycles. The van der Waals surface area contributed by atoms with Crippen molar-refractivity contribution in [1.29, 1.82) is 0 Å². The van der Waals surface area contributed by atoms with Crippen molar-refractivity contribution in [3.63, 3.8) is 0 Å². The van der Waals surface area contributed by atoms with Gasteiger partial charge in [-0.05, 0) is 31.9 Å². The van der Waals surface area contributed by atoms with Crippen LogP contribution in [0.5, 0.6) is 0 Å². The summed E-state index contributed by atoms with van der Waals surface area (Å²) in [5.41, 5.74) is 2.20. The van der Waals surface area contributed by atoms with E-state index in [0.717, 1.165) is 17.7 Å². The molecule has 1 aromatic carbocycles. The first-order valence-corrected chi connectivity index (χ1v) is 6.29. The molecule has 0 amide bonds. The Morgan fingerprint density at radius 1 is 1.28 bits per heavy atom. The third-order valence-corrected chi connectivity index (χ3v) is 2.85. The molecule has 18 heavy (non-hydrogen) atoms. The number of rotatable bonds is 6. The number of nitrogens with one attached hydrogen (secondary N) is 1. The highest BCUT2D eigenvalue weighted by Crippen LogP contribution is 2.26. The van der Waals surface area contributed by atoms with Gasteiger partial charge in [0.05, 0.1) is 0 Å². The number of alkyl halides is 3. The summed E-state index contributed by atoms with van der Waals surface area (Å²) in [6.45, 7) is 4.71. The van der Waals surface area contributed by atoms with Crippen LogP contribution in [-0.4, -0.2) is 12.7 Å². The van der Waals surface area contributed by atoms with Crippen LogP contribution in [-0.2, 0) is 0 Å². The van der Waals surface area contributed by atoms with Crippen molar-refractivity contribution in [2.24, 2.45) is 0 Å². The lowest BCUT2D eigenvalue weighted by molar-refractivity contribution is -0.135. The first kappa shape index (κ1) is 15.0. The third-order valence-electron chi connectivity index (χ3n) is 2.85. The van der Waals surface area contributed by atoms with Gasteiger partial charge in [-0.25, -0.2) is 0 Å². The number of hydrogen-bond donors (Lipinski definition) is 1. The molecule has 0 heterocycles. The Morgan fingerprint density at radius 3 is 2.56 bits per heavy atom. The van der Waals surface area contributed by atoms with Gasteiger partial charge in [0.15, 0.2) is 0 Å². The molecule has 4 heteroatoms. The predicted molar refractivity (Wildman–Crippen MR) is 67.5 cm³/mol. The van der Waals surface area contributed by atoms with E-state index in [1.54, 1.807) is 0 Å². The first-order valence-electron chi connectivity index (χ1n) is 6.29. The van der Waals surface area contributed by atoms with Crippen molar-refractivity contribution in [3.8, 4) is 0 Å². The molecule has 0 aliphatic rings. The Labute approximate surface area is 106 Å². The van der Waals surface area contributed by atoms with Gasteiger partial charge in [-0.1, -0.05) is 36.8 Å². The summed E-state index contributed by atoms with van der Waals surface area (Å²) >= 11 is 0. The predicted octanol–water partition coefficient (Wildman–Crippen LogP) is 4.38. The number of halogens is 3. The summed E-state index contributed by atoms with van der Waals surface area (Å²) in [7, 11) is 0. The van der Waals surface area contributed by atoms with Crippen molar-refractivity contribution in [3.05, 3.63) is 35.4 Å². The summed E-state index contributed by atoms with van der Waals surface area (Å²) in [5, 5.41) is 3.25. The molecule has 102 valence electrons. The van der Waals surface area contributed by atoms with Gasteiger partial charge in [-0.15, -0.1) is 0 Å². The average molecular weight is 259 g/mol. The van der Waals surface area contributed by atoms with Crippen LogP contribution < -0.4 is 5.32 Å². The van der Waals surface area contributed by atoms with Gasteiger partial charge in [-0.3, -0.25) is 0 Å². The van der Waals surface area contributed by atoms with E-state index in [9.17, 15) is 13.2 Å². The Balaban J connectivity index is 2.60. The standard InChI is InChI=1S/C14H20F3N/c1-3-18-13(8-5-9-14(15,16)17)12-7-4-6-11(2)10-12/h4,6-7,10,13,18H,3,5,8-9H2,1-2H3. The van der Waals surface area contributed by atoms with Gasteiger partial charge in [-0.2, -0.15) is 13.2 Å². The fraction of sp³-hybridized carbons (Fsp3) is 0.571. The van der Waals surface area contributed by atoms with Crippen molar-refractivity contribution < 1.29 is 13.2 Å². The molecule has 0 aliphatic carbocycles. The van der Waals surface area contributed by atoms with E-state index in [4.69, 9.17) is 0 Å². The summed E-state index contributed by atoms with van der Waals surface area (Å²) < 4.78 is 36.4. The first-order chi connectivity index (χ1) is 8.42. The maximum atomic E-state index is 12.1. The molecule has 1 aromatic rings. The van der Waals surface area contributed by atoms with E-state index < -0.39 is 12.6 Å². The zero-order valence-corrected chi connectivity index (χ0v) is 10.8. The van der Waals surface area contributed by atoms with Gasteiger partial charge in [0, 0.05) is 12.5 Å². The Morgan fingerprint density at radius 2 is 2.00 bits per heavy atom. The lowest BCUT2D eigenvalue weighted by Crippen LogP contribution is -2.21. The maximum absolute atomic E-state index is 12.1. The quantitative estimate of drug-likeness (QED) is 0.799. The maximum Gasteiger partial charge on any atom is 0.389 e. The van der Waals surface area contributed by atoms with E-state index in [2.05, 4.69) is 5.32 Å². The van der Waals surface area contributed by atoms with Crippen molar-refractivity contribution in [2.45, 2.75) is 45.3 Å². The van der Waals surface area contributed by atoms with Crippen LogP contribution in [0.15, 0.2) is 24.3 Å². The average Bonchev–Trinajstić information content (AvgIpc) is 2.26. The zero-order valence-electron chi connectivity index (χ0n) is 10.8. The molecule has 1 nitrogen and oxygen atoms in total. The van der Waals surface area contributed by atoms with Gasteiger partial charge < -0.3 is 5.32 Å². The minimum absolute atomic E-state index is 0.0113. The number of benzene rings is 1. The second-order valence-corrected chi connectivity index (χ2v) is 4.53. The molecule has 0 fully saturated rings. The van der Waals surface area contributed by atoms with Gasteiger partial charge in [0.25, 0.3) is 0 Å². The smallest absolute Gasteiger partial charge is 0.310 e. The molecule has 0 radical (unpaired) electrons. The molecule has 0 aliphatic heterocycles. The monoisotopic (exact) mass is 259 g/mol. The Hall–Kier alpha value is -1.03. The number of hydrogen-bond acceptors (Lipinski definition) is 1. The van der Waals surface area contributed by atoms with Crippen LogP contribution in [0.2, 0.25) is 0 Å². The third kappa shape index (κ3) is 5.54. The van der Waals surface area contributed by atoms with Gasteiger partial charge >= 0.3 is 6.18 Å². The van der Waals surface area contributed by atoms with Crippen molar-refractivity contribution in [1.82, 2.24) is 5.32 Å². The van der Waals surface area contributed by atoms with Crippen molar-refractivity contribution >= 4 is 0 Å². The summed E-state index contributed by atoms with van der Waals surface area (Å²) in [6, 6.07) is 7.94. The highest BCUT2D eigenvalue weighted by Gasteiger charge is 2.26. The highest BCUT2D eigenvalue weighted by atomic mass is 19.4. The number of aryl methyl sites for hydroxylation is 1. The Bertz CT molecular complexity index is 360. The molecule has 0 saturated carbocycles. The lowest BCUT2D eigenvalue weighted by Gasteiger charge is -2.19. The van der Waals surface area contributed by atoms with Crippen LogP contribution in [0.1, 0.15) is 43.4 Å². The molecule has 0 spiro atoms. The normalized spacial score (nSPS) is 13.6. The van der Waals surface area contributed by atoms with Crippen LogP contribution in [0.3, 0.4) is 0 Å². The van der Waals surface area contributed by atoms with Gasteiger partial charge in [0.2, 0.25) is 0 Å². The van der Waals surface area contributed by atoms with Gasteiger partial charge in [0.1, 0.15) is 0 Å². The Kier molecular flexibility index (Phi) is 5.66. The van der Waals surface area contributed by atoms with Crippen LogP contribution in [0.25, 0.3) is 0 Å². The lowest BCUT2D eigenvalue weighted by atomic mass is 9.99. The molecule has 1 N–H and O–H groups in total. The summed E-state index contributed by atoms with van der Waals surface area (Å²) in [4.78, 5) is 0. The minimum atomic E-state index is -4.05. The van der Waals surface area contributed by atoms with E-state index in [1.165, 1.54) is 0 Å². The van der Waals surface area contributed by atoms with E-state index >= 15 is 0 Å². The van der Waals surface area contributed by atoms with Crippen molar-refractivity contribution in [2.75, 3.05) is 6.54 Å². The van der Waals surface area contributed by atoms with E-state index in [1.807, 2.05) is 38.1 Å². The topological polar surface area (TPSA) is 12.0 Å². The summed E-state index contributed by atoms with van der Waals surface area (Å²) in [6.07, 6.45) is -4.09. The van der Waals surface area contributed by atoms with Crippen LogP contribution >= 0.6 is 0 Å². The van der Waals surface area contributed by atoms with Crippen LogP contribution in [0.4, 0.5) is 13.2 Å². The molecule has 1 unspecified atom stereocenters. The molecule has 1 atom stereocenters. The van der Waals surface area contributed by atoms with Crippen LogP contribution in [0, 0.1) is 6.92 Å². The fourth-order valence-corrected chi connectivity index (χ4v) is 2.03. The second kappa shape index (κ2) is 6.78. The minimum Gasteiger partial charge on any atom is -0.310 e. The molecule has 1 rings (SSSR count).